The van der Waals surface area contributed by atoms with Gasteiger partial charge in [-0.15, -0.1) is 0 Å². The van der Waals surface area contributed by atoms with E-state index in [-0.39, 0.29) is 27.4 Å². The molecule has 2 nitrogen and oxygen atoms in total. The molecule has 0 saturated carbocycles. The molecule has 0 aliphatic rings. The molecule has 9 heavy (non-hydrogen) atoms. The molecule has 0 radical (unpaired) electrons. The molecule has 0 heterocycles. The summed E-state index contributed by atoms with van der Waals surface area (Å²) in [6, 6.07) is 0. The van der Waals surface area contributed by atoms with Gasteiger partial charge in [0.05, 0.1) is 0 Å². The van der Waals surface area contributed by atoms with Gasteiger partial charge in [-0.05, 0) is 6.92 Å². The summed E-state index contributed by atoms with van der Waals surface area (Å²) >= 11 is 4.24. The Bertz CT molecular complexity index is 35.7. The summed E-state index contributed by atoms with van der Waals surface area (Å²) in [5.41, 5.74) is 0. The molecule has 0 amide bonds. The van der Waals surface area contributed by atoms with E-state index in [4.69, 9.17) is 0 Å². The van der Waals surface area contributed by atoms with Crippen molar-refractivity contribution in [2.45, 2.75) is 13.2 Å². The van der Waals surface area contributed by atoms with Crippen molar-refractivity contribution in [1.29, 1.82) is 0 Å². The van der Waals surface area contributed by atoms with Gasteiger partial charge < -0.3 is 9.47 Å². The van der Waals surface area contributed by atoms with Gasteiger partial charge in [0.2, 0.25) is 0 Å². The molecule has 0 aromatic carbocycles. The molecular weight excluding hydrogens is 518 g/mol. The molecule has 0 N–H and O–H groups in total. The largest absolute Gasteiger partial charge is 0.533 e. The van der Waals surface area contributed by atoms with E-state index in [0.717, 1.165) is 0 Å². The molecule has 0 aliphatic heterocycles. The van der Waals surface area contributed by atoms with Gasteiger partial charge in [0.15, 0.2) is 0 Å². The van der Waals surface area contributed by atoms with Crippen LogP contribution in [0, 0.1) is 7.11 Å². The number of hydrogen-bond acceptors (Lipinski definition) is 2. The van der Waals surface area contributed by atoms with Gasteiger partial charge in [0, 0.05) is 65.4 Å². The summed E-state index contributed by atoms with van der Waals surface area (Å²) in [6.07, 6.45) is -0.176. The predicted octanol–water partition coefficient (Wildman–Crippen LogP) is 2.56. The van der Waals surface area contributed by atoms with Crippen LogP contribution in [0.5, 0.6) is 0 Å². The Morgan fingerprint density at radius 1 is 1.44 bits per heavy atom. The van der Waals surface area contributed by atoms with Crippen LogP contribution >= 0.6 is 37.2 Å². The summed E-state index contributed by atoms with van der Waals surface area (Å²) in [5.74, 6) is 0. The molecule has 0 aliphatic carbocycles. The molecule has 0 fully saturated rings. The van der Waals surface area contributed by atoms with Crippen LogP contribution < -0.4 is 0 Å². The van der Waals surface area contributed by atoms with Gasteiger partial charge in [-0.2, -0.15) is 0 Å². The first-order chi connectivity index (χ1) is 3.81. The van der Waals surface area contributed by atoms with Crippen LogP contribution in [0.3, 0.4) is 0 Å². The topological polar surface area (TPSA) is 18.5 Å². The van der Waals surface area contributed by atoms with Gasteiger partial charge in [-0.3, -0.25) is 0 Å². The van der Waals surface area contributed by atoms with Crippen molar-refractivity contribution >= 4 is 37.2 Å². The third kappa shape index (κ3) is 17.8. The quantitative estimate of drug-likeness (QED) is 0.313. The fourth-order valence-corrected chi connectivity index (χ4v) is 0.0680. The van der Waals surface area contributed by atoms with Gasteiger partial charge in [-0.1, -0.05) is 0 Å². The first kappa shape index (κ1) is 17.2. The van der Waals surface area contributed by atoms with Gasteiger partial charge in [0.25, 0.3) is 0 Å². The third-order valence-corrected chi connectivity index (χ3v) is 0.567. The van der Waals surface area contributed by atoms with Crippen LogP contribution in [-0.2, 0) is 30.5 Å². The minimum absolute atomic E-state index is 0. The Hall–Kier alpha value is 2.07. The number of halogens is 2. The zero-order valence-electron chi connectivity index (χ0n) is 5.27. The van der Waals surface area contributed by atoms with E-state index in [9.17, 15) is 0 Å². The first-order valence-electron chi connectivity index (χ1n) is 1.89. The molecule has 58 valence electrons. The molecule has 0 spiro atoms. The Labute approximate surface area is 94.0 Å². The summed E-state index contributed by atoms with van der Waals surface area (Å²) in [7, 11) is 4.70. The maximum atomic E-state index is 4.61. The second-order valence-corrected chi connectivity index (χ2v) is 0.970. The summed E-state index contributed by atoms with van der Waals surface area (Å²) in [5, 5.41) is 0. The molecule has 0 rings (SSSR count). The van der Waals surface area contributed by atoms with E-state index >= 15 is 0 Å². The van der Waals surface area contributed by atoms with Crippen LogP contribution in [0.25, 0.3) is 0 Å². The Morgan fingerprint density at radius 3 is 1.78 bits per heavy atom. The van der Waals surface area contributed by atoms with Crippen molar-refractivity contribution in [2.75, 3.05) is 7.11 Å². The Kier molecular flexibility index (Phi) is 31.7. The number of methoxy groups -OCH3 is 1. The van der Waals surface area contributed by atoms with Crippen LogP contribution in [0.1, 0.15) is 6.92 Å². The molecule has 0 aromatic rings. The average molecular weight is 527 g/mol. The van der Waals surface area contributed by atoms with Gasteiger partial charge in [0.1, 0.15) is 6.29 Å². The van der Waals surface area contributed by atoms with E-state index in [1.165, 1.54) is 0 Å². The van der Waals surface area contributed by atoms with Crippen molar-refractivity contribution in [3.05, 3.63) is 7.11 Å². The number of rotatable bonds is 2. The van der Waals surface area contributed by atoms with Crippen LogP contribution in [-0.4, -0.2) is 13.4 Å². The molecule has 5 heteroatoms. The first-order valence-corrected chi connectivity index (χ1v) is 8.17. The molecule has 0 saturated heterocycles. The van der Waals surface area contributed by atoms with Crippen molar-refractivity contribution < 1.29 is 30.5 Å². The van der Waals surface area contributed by atoms with Crippen molar-refractivity contribution in [3.8, 4) is 0 Å². The summed E-state index contributed by atoms with van der Waals surface area (Å²) in [4.78, 5) is 0. The Balaban J connectivity index is -0.000000109. The van der Waals surface area contributed by atoms with Crippen molar-refractivity contribution in [3.63, 3.8) is 0 Å². The van der Waals surface area contributed by atoms with E-state index in [1.807, 2.05) is 0 Å². The number of hydrogen-bond donors (Lipinski definition) is 0. The standard InChI is InChI=1S/C4H9O2.I2.W/c1-4(5-2)6-3;1-2;/h4H,2H2,1,3H3;;/q-1;;. The zero-order chi connectivity index (χ0) is 6.99. The smallest absolute Gasteiger partial charge is 0.124 e. The molecule has 1 unspecified atom stereocenters. The Morgan fingerprint density at radius 2 is 1.78 bits per heavy atom. The van der Waals surface area contributed by atoms with Crippen LogP contribution in [0.2, 0.25) is 0 Å². The van der Waals surface area contributed by atoms with E-state index in [0.29, 0.717) is 0 Å². The fraction of sp³-hybridized carbons (Fsp3) is 0.750. The summed E-state index contributed by atoms with van der Waals surface area (Å²) in [6.45, 7) is 1.77. The van der Waals surface area contributed by atoms with Crippen molar-refractivity contribution in [2.24, 2.45) is 0 Å². The fourth-order valence-electron chi connectivity index (χ4n) is 0.0680. The minimum atomic E-state index is -0.176. The monoisotopic (exact) mass is 527 g/mol. The van der Waals surface area contributed by atoms with E-state index in [1.54, 1.807) is 14.0 Å². The molecule has 0 aromatic heterocycles. The van der Waals surface area contributed by atoms with Gasteiger partial charge in [-0.25, -0.2) is 7.11 Å². The van der Waals surface area contributed by atoms with Crippen LogP contribution in [0.4, 0.5) is 0 Å². The van der Waals surface area contributed by atoms with Crippen LogP contribution in [0.15, 0.2) is 0 Å². The second kappa shape index (κ2) is 16.6. The molecule has 0 bridgehead atoms. The SMILES string of the molecule is II.[CH2-]OC(C)OC.[W]. The average Bonchev–Trinajstić information content (AvgIpc) is 1.91. The van der Waals surface area contributed by atoms with Crippen molar-refractivity contribution in [1.82, 2.24) is 0 Å². The van der Waals surface area contributed by atoms with E-state index < -0.39 is 0 Å². The normalized spacial score (nSPS) is 10.3. The van der Waals surface area contributed by atoms with Gasteiger partial charge >= 0.3 is 0 Å². The maximum absolute atomic E-state index is 4.61. The second-order valence-electron chi connectivity index (χ2n) is 0.970. The third-order valence-electron chi connectivity index (χ3n) is 0.567. The number of ether oxygens (including phenoxy) is 2. The maximum Gasteiger partial charge on any atom is 0.124 e. The minimum Gasteiger partial charge on any atom is -0.533 e. The molecule has 1 atom stereocenters. The zero-order valence-corrected chi connectivity index (χ0v) is 12.5. The predicted molar refractivity (Wildman–Crippen MR) is 51.0 cm³/mol. The molecular formula is C4H9I2O2W-. The van der Waals surface area contributed by atoms with E-state index in [2.05, 4.69) is 53.8 Å². The summed E-state index contributed by atoms with van der Waals surface area (Å²) < 4.78 is 9.04.